The molecule has 1 aromatic carbocycles. The van der Waals surface area contributed by atoms with Gasteiger partial charge >= 0.3 is 0 Å². The summed E-state index contributed by atoms with van der Waals surface area (Å²) in [5.41, 5.74) is 2.05. The predicted molar refractivity (Wildman–Crippen MR) is 84.5 cm³/mol. The van der Waals surface area contributed by atoms with E-state index in [2.05, 4.69) is 56.6 Å². The van der Waals surface area contributed by atoms with Crippen molar-refractivity contribution in [3.05, 3.63) is 55.4 Å². The summed E-state index contributed by atoms with van der Waals surface area (Å²) in [6, 6.07) is 8.61. The molecule has 0 aliphatic heterocycles. The molecule has 0 atom stereocenters. The average Bonchev–Trinajstić information content (AvgIpc) is 3.10. The molecular formula is C17H12N4. The molecule has 0 saturated carbocycles. The number of aromatic nitrogens is 4. The second-order valence-electron chi connectivity index (χ2n) is 5.47. The molecule has 0 unspecified atom stereocenters. The fourth-order valence-electron chi connectivity index (χ4n) is 3.23. The summed E-state index contributed by atoms with van der Waals surface area (Å²) in [6.07, 6.45) is 9.87. The Balaban J connectivity index is 2.17. The Morgan fingerprint density at radius 3 is 2.67 bits per heavy atom. The maximum absolute atomic E-state index is 4.53. The smallest absolute Gasteiger partial charge is 0.146 e. The maximum Gasteiger partial charge on any atom is 0.146 e. The third-order valence-electron chi connectivity index (χ3n) is 4.13. The van der Waals surface area contributed by atoms with E-state index >= 15 is 0 Å². The highest BCUT2D eigenvalue weighted by molar-refractivity contribution is 6.15. The number of rotatable bonds is 0. The minimum Gasteiger partial charge on any atom is -0.356 e. The lowest BCUT2D eigenvalue weighted by molar-refractivity contribution is 0.934. The van der Waals surface area contributed by atoms with Crippen LogP contribution in [0.4, 0.5) is 0 Å². The van der Waals surface area contributed by atoms with Crippen LogP contribution in [0, 0.1) is 0 Å². The fraction of sp³-hybridized carbons (Fsp3) is 0.0588. The van der Waals surface area contributed by atoms with Crippen LogP contribution in [0.1, 0.15) is 0 Å². The molecule has 0 aliphatic rings. The van der Waals surface area contributed by atoms with Crippen LogP contribution in [0.5, 0.6) is 0 Å². The summed E-state index contributed by atoms with van der Waals surface area (Å²) < 4.78 is 4.16. The molecule has 100 valence electrons. The van der Waals surface area contributed by atoms with Crippen LogP contribution >= 0.6 is 0 Å². The zero-order chi connectivity index (χ0) is 14.0. The van der Waals surface area contributed by atoms with Crippen molar-refractivity contribution >= 4 is 38.1 Å². The van der Waals surface area contributed by atoms with Crippen molar-refractivity contribution in [3.63, 3.8) is 0 Å². The Morgan fingerprint density at radius 2 is 1.81 bits per heavy atom. The molecule has 0 N–H and O–H groups in total. The average molecular weight is 272 g/mol. The first kappa shape index (κ1) is 10.9. The van der Waals surface area contributed by atoms with Crippen LogP contribution in [0.2, 0.25) is 0 Å². The minimum absolute atomic E-state index is 0.952. The molecule has 0 amide bonds. The predicted octanol–water partition coefficient (Wildman–Crippen LogP) is 3.53. The lowest BCUT2D eigenvalue weighted by atomic mass is 10.0. The topological polar surface area (TPSA) is 35.1 Å². The number of aryl methyl sites for hydroxylation is 1. The Morgan fingerprint density at radius 1 is 1.00 bits per heavy atom. The van der Waals surface area contributed by atoms with Crippen molar-refractivity contribution < 1.29 is 0 Å². The van der Waals surface area contributed by atoms with Crippen LogP contribution in [0.25, 0.3) is 38.1 Å². The van der Waals surface area contributed by atoms with E-state index in [-0.39, 0.29) is 0 Å². The van der Waals surface area contributed by atoms with Crippen molar-refractivity contribution in [1.82, 2.24) is 18.9 Å². The number of hydrogen-bond donors (Lipinski definition) is 0. The van der Waals surface area contributed by atoms with E-state index in [1.807, 2.05) is 24.8 Å². The largest absolute Gasteiger partial charge is 0.356 e. The highest BCUT2D eigenvalue weighted by atomic mass is 15.0. The molecule has 0 fully saturated rings. The van der Waals surface area contributed by atoms with Crippen molar-refractivity contribution in [2.45, 2.75) is 0 Å². The lowest BCUT2D eigenvalue weighted by Crippen LogP contribution is -1.91. The Bertz CT molecular complexity index is 1150. The number of pyridine rings is 2. The van der Waals surface area contributed by atoms with Gasteiger partial charge in [0.05, 0.1) is 11.7 Å². The number of fused-ring (bicyclic) bond motifs is 7. The third-order valence-corrected chi connectivity index (χ3v) is 4.13. The number of nitrogens with zero attached hydrogens (tertiary/aromatic N) is 4. The summed E-state index contributed by atoms with van der Waals surface area (Å²) in [4.78, 5) is 8.84. The van der Waals surface area contributed by atoms with Gasteiger partial charge in [0.1, 0.15) is 12.0 Å². The van der Waals surface area contributed by atoms with Gasteiger partial charge < -0.3 is 4.57 Å². The highest BCUT2D eigenvalue weighted by Crippen LogP contribution is 2.32. The molecule has 0 radical (unpaired) electrons. The molecule has 5 aromatic rings. The zero-order valence-electron chi connectivity index (χ0n) is 11.5. The van der Waals surface area contributed by atoms with Crippen molar-refractivity contribution in [1.29, 1.82) is 0 Å². The van der Waals surface area contributed by atoms with Crippen molar-refractivity contribution in [3.8, 4) is 0 Å². The maximum atomic E-state index is 4.53. The van der Waals surface area contributed by atoms with E-state index in [4.69, 9.17) is 0 Å². The van der Waals surface area contributed by atoms with Gasteiger partial charge in [-0.2, -0.15) is 0 Å². The number of benzene rings is 1. The first-order chi connectivity index (χ1) is 10.3. The Hall–Kier alpha value is -2.88. The molecule has 4 heteroatoms. The molecule has 0 aliphatic carbocycles. The van der Waals surface area contributed by atoms with E-state index in [0.717, 1.165) is 16.6 Å². The monoisotopic (exact) mass is 272 g/mol. The zero-order valence-corrected chi connectivity index (χ0v) is 11.5. The second-order valence-corrected chi connectivity index (χ2v) is 5.47. The van der Waals surface area contributed by atoms with Gasteiger partial charge in [-0.05, 0) is 35.0 Å². The van der Waals surface area contributed by atoms with E-state index in [0.29, 0.717) is 0 Å². The van der Waals surface area contributed by atoms with E-state index < -0.39 is 0 Å². The molecule has 21 heavy (non-hydrogen) atoms. The van der Waals surface area contributed by atoms with Gasteiger partial charge in [-0.3, -0.25) is 4.40 Å². The molecule has 0 spiro atoms. The van der Waals surface area contributed by atoms with Gasteiger partial charge in [0.25, 0.3) is 0 Å². The van der Waals surface area contributed by atoms with Gasteiger partial charge in [0.15, 0.2) is 0 Å². The Labute approximate surface area is 120 Å². The molecule has 5 rings (SSSR count). The fourth-order valence-corrected chi connectivity index (χ4v) is 3.23. The van der Waals surface area contributed by atoms with E-state index in [9.17, 15) is 0 Å². The summed E-state index contributed by atoms with van der Waals surface area (Å²) >= 11 is 0. The highest BCUT2D eigenvalue weighted by Gasteiger charge is 2.10. The van der Waals surface area contributed by atoms with Crippen LogP contribution in [0.3, 0.4) is 0 Å². The molecule has 4 aromatic heterocycles. The summed E-state index contributed by atoms with van der Waals surface area (Å²) in [5.74, 6) is 0. The van der Waals surface area contributed by atoms with Crippen LogP contribution in [-0.2, 0) is 7.05 Å². The molecular weight excluding hydrogens is 260 g/mol. The summed E-state index contributed by atoms with van der Waals surface area (Å²) in [7, 11) is 2.05. The number of hydrogen-bond acceptors (Lipinski definition) is 2. The van der Waals surface area contributed by atoms with Crippen molar-refractivity contribution in [2.24, 2.45) is 7.05 Å². The quantitative estimate of drug-likeness (QED) is 0.404. The molecule has 4 heterocycles. The SMILES string of the molecule is Cn1cc2cc3c(cc2c1)c1cncn1c1ncccc31. The molecule has 0 saturated heterocycles. The summed E-state index contributed by atoms with van der Waals surface area (Å²) in [5, 5.41) is 6.09. The molecule has 0 bridgehead atoms. The van der Waals surface area contributed by atoms with Gasteiger partial charge in [-0.15, -0.1) is 0 Å². The minimum atomic E-state index is 0.952. The first-order valence-electron chi connectivity index (χ1n) is 6.89. The van der Waals surface area contributed by atoms with Crippen LogP contribution < -0.4 is 0 Å². The normalized spacial score (nSPS) is 12.0. The molecule has 4 nitrogen and oxygen atoms in total. The van der Waals surface area contributed by atoms with Gasteiger partial charge in [0, 0.05) is 41.8 Å². The lowest BCUT2D eigenvalue weighted by Gasteiger charge is -2.07. The number of imidazole rings is 1. The van der Waals surface area contributed by atoms with Crippen molar-refractivity contribution in [2.75, 3.05) is 0 Å². The van der Waals surface area contributed by atoms with Crippen LogP contribution in [0.15, 0.2) is 55.4 Å². The van der Waals surface area contributed by atoms with E-state index in [1.54, 1.807) is 0 Å². The third kappa shape index (κ3) is 1.34. The van der Waals surface area contributed by atoms with Gasteiger partial charge in [-0.1, -0.05) is 0 Å². The van der Waals surface area contributed by atoms with Gasteiger partial charge in [-0.25, -0.2) is 9.97 Å². The summed E-state index contributed by atoms with van der Waals surface area (Å²) in [6.45, 7) is 0. The second kappa shape index (κ2) is 3.61. The Kier molecular flexibility index (Phi) is 1.86. The van der Waals surface area contributed by atoms with E-state index in [1.165, 1.54) is 21.5 Å². The van der Waals surface area contributed by atoms with Gasteiger partial charge in [0.2, 0.25) is 0 Å². The first-order valence-corrected chi connectivity index (χ1v) is 6.89. The van der Waals surface area contributed by atoms with Crippen LogP contribution in [-0.4, -0.2) is 18.9 Å². The standard InChI is InChI=1S/C17H12N4/c1-20-8-11-5-14-13-3-2-4-19-17(13)21-10-18-7-16(21)15(14)6-12(11)9-20/h2-10H,1H3.